The largest absolute Gasteiger partial charge is 0.484 e. The summed E-state index contributed by atoms with van der Waals surface area (Å²) in [4.78, 5) is 11.6. The predicted molar refractivity (Wildman–Crippen MR) is 136 cm³/mol. The Bertz CT molecular complexity index is 1360. The summed E-state index contributed by atoms with van der Waals surface area (Å²) in [5.74, 6) is -0.202. The fourth-order valence-electron chi connectivity index (χ4n) is 3.87. The molecule has 1 aromatic heterocycles. The van der Waals surface area contributed by atoms with E-state index < -0.39 is 24.2 Å². The third-order valence-electron chi connectivity index (χ3n) is 5.73. The summed E-state index contributed by atoms with van der Waals surface area (Å²) >= 11 is 1.76. The van der Waals surface area contributed by atoms with Gasteiger partial charge in [-0.2, -0.15) is 30.0 Å². The number of hydrogen-bond acceptors (Lipinski definition) is 4. The summed E-state index contributed by atoms with van der Waals surface area (Å²) < 4.78 is 59.9. The highest BCUT2D eigenvalue weighted by atomic mass is 32.2. The third-order valence-corrected chi connectivity index (χ3v) is 6.67. The fourth-order valence-corrected chi connectivity index (χ4v) is 4.50. The van der Waals surface area contributed by atoms with Gasteiger partial charge in [0, 0.05) is 11.1 Å². The molecule has 0 aliphatic rings. The first kappa shape index (κ1) is 26.5. The first-order valence-corrected chi connectivity index (χ1v) is 12.8. The van der Waals surface area contributed by atoms with E-state index in [0.717, 1.165) is 28.0 Å². The lowest BCUT2D eigenvalue weighted by Gasteiger charge is -2.27. The number of carbonyl (C=O) groups excluding carboxylic acids is 1. The molecule has 0 radical (unpaired) electrons. The molecule has 4 aromatic rings. The second-order valence-electron chi connectivity index (χ2n) is 8.43. The van der Waals surface area contributed by atoms with Crippen molar-refractivity contribution in [3.63, 3.8) is 0 Å². The van der Waals surface area contributed by atoms with Gasteiger partial charge >= 0.3 is 12.1 Å². The average molecular weight is 532 g/mol. The lowest BCUT2D eigenvalue weighted by Crippen LogP contribution is -2.45. The van der Waals surface area contributed by atoms with Gasteiger partial charge in [0.05, 0.1) is 23.4 Å². The highest BCUT2D eigenvalue weighted by Crippen LogP contribution is 2.30. The van der Waals surface area contributed by atoms with Crippen LogP contribution in [0.5, 0.6) is 5.75 Å². The summed E-state index contributed by atoms with van der Waals surface area (Å²) in [6, 6.07) is 17.5. The number of nitrogens with one attached hydrogen (secondary N) is 1. The fraction of sp³-hybridized carbons (Fsp3) is 0.259. The minimum absolute atomic E-state index is 0.356. The summed E-state index contributed by atoms with van der Waals surface area (Å²) in [6.07, 6.45) is -4.27. The molecule has 2 atom stereocenters. The zero-order chi connectivity index (χ0) is 26.6. The molecule has 5 nitrogen and oxygen atoms in total. The lowest BCUT2D eigenvalue weighted by atomic mass is 10.0. The minimum atomic E-state index is -5.01. The zero-order valence-corrected chi connectivity index (χ0v) is 20.9. The minimum Gasteiger partial charge on any atom is -0.484 e. The van der Waals surface area contributed by atoms with E-state index >= 15 is 0 Å². The first-order valence-electron chi connectivity index (χ1n) is 11.6. The maximum absolute atomic E-state index is 13.3. The van der Waals surface area contributed by atoms with Gasteiger partial charge in [0.2, 0.25) is 0 Å². The Hall–Kier alpha value is -3.53. The van der Waals surface area contributed by atoms with Gasteiger partial charge in [-0.15, -0.1) is 0 Å². The standard InChI is InChI=1S/C27H25F4N3O2S/c1-3-37-16-18-4-6-19(7-5-18)25(17(2)33-26(35)27(29,30)31)36-23-12-13-24-20(14-23)15-32-34(24)22-10-8-21(28)9-11-22/h4-15,17,25H,3,16H2,1-2H3,(H,33,35)/t17-,25+/m0/s1. The highest BCUT2D eigenvalue weighted by molar-refractivity contribution is 7.98. The van der Waals surface area contributed by atoms with E-state index in [9.17, 15) is 22.4 Å². The van der Waals surface area contributed by atoms with Crippen LogP contribution in [-0.4, -0.2) is 33.7 Å². The average Bonchev–Trinajstić information content (AvgIpc) is 3.29. The molecule has 4 rings (SSSR count). The Labute approximate surface area is 215 Å². The summed E-state index contributed by atoms with van der Waals surface area (Å²) in [6.45, 7) is 3.54. The molecule has 3 aromatic carbocycles. The van der Waals surface area contributed by atoms with Crippen molar-refractivity contribution in [2.75, 3.05) is 5.75 Å². The number of rotatable bonds is 9. The second kappa shape index (κ2) is 11.2. The number of ether oxygens (including phenoxy) is 1. The number of alkyl halides is 3. The van der Waals surface area contributed by atoms with E-state index in [1.54, 1.807) is 65.1 Å². The van der Waals surface area contributed by atoms with E-state index in [1.165, 1.54) is 19.1 Å². The number of benzene rings is 3. The molecule has 1 N–H and O–H groups in total. The molecule has 0 fully saturated rings. The van der Waals surface area contributed by atoms with Gasteiger partial charge in [-0.25, -0.2) is 9.07 Å². The molecular weight excluding hydrogens is 506 g/mol. The van der Waals surface area contributed by atoms with E-state index in [2.05, 4.69) is 12.0 Å². The van der Waals surface area contributed by atoms with Crippen LogP contribution >= 0.6 is 11.8 Å². The first-order chi connectivity index (χ1) is 17.7. The zero-order valence-electron chi connectivity index (χ0n) is 20.1. The molecule has 1 heterocycles. The van der Waals surface area contributed by atoms with Crippen LogP contribution in [0.4, 0.5) is 17.6 Å². The molecule has 0 unspecified atom stereocenters. The monoisotopic (exact) mass is 531 g/mol. The number of thioether (sulfide) groups is 1. The smallest absolute Gasteiger partial charge is 0.471 e. The van der Waals surface area contributed by atoms with Crippen LogP contribution in [-0.2, 0) is 10.5 Å². The van der Waals surface area contributed by atoms with E-state index in [4.69, 9.17) is 4.74 Å². The molecule has 1 amide bonds. The van der Waals surface area contributed by atoms with Gasteiger partial charge < -0.3 is 10.1 Å². The van der Waals surface area contributed by atoms with Crippen molar-refractivity contribution < 1.29 is 27.1 Å². The number of nitrogens with zero attached hydrogens (tertiary/aromatic N) is 2. The topological polar surface area (TPSA) is 56.1 Å². The Kier molecular flexibility index (Phi) is 8.06. The Morgan fingerprint density at radius 3 is 2.43 bits per heavy atom. The van der Waals surface area contributed by atoms with Crippen LogP contribution < -0.4 is 10.1 Å². The quantitative estimate of drug-likeness (QED) is 0.247. The molecule has 0 aliphatic heterocycles. The number of carbonyl (C=O) groups is 1. The normalized spacial score (nSPS) is 13.4. The molecule has 10 heteroatoms. The van der Waals surface area contributed by atoms with Crippen LogP contribution in [0.15, 0.2) is 72.9 Å². The summed E-state index contributed by atoms with van der Waals surface area (Å²) in [7, 11) is 0. The van der Waals surface area contributed by atoms with E-state index in [1.807, 2.05) is 17.4 Å². The van der Waals surface area contributed by atoms with Crippen molar-refractivity contribution in [3.8, 4) is 11.4 Å². The van der Waals surface area contributed by atoms with Gasteiger partial charge in [-0.05, 0) is 66.3 Å². The Morgan fingerprint density at radius 2 is 1.78 bits per heavy atom. The van der Waals surface area contributed by atoms with Gasteiger partial charge in [0.15, 0.2) is 0 Å². The molecule has 0 saturated carbocycles. The SMILES string of the molecule is CCSCc1ccc([C@H](Oc2ccc3c(cnn3-c3ccc(F)cc3)c2)[C@H](C)NC(=O)C(F)(F)F)cc1. The number of halogens is 4. The van der Waals surface area contributed by atoms with Crippen LogP contribution in [0.3, 0.4) is 0 Å². The molecule has 37 heavy (non-hydrogen) atoms. The molecule has 0 spiro atoms. The highest BCUT2D eigenvalue weighted by Gasteiger charge is 2.40. The van der Waals surface area contributed by atoms with E-state index in [0.29, 0.717) is 17.0 Å². The number of amides is 1. The van der Waals surface area contributed by atoms with Crippen molar-refractivity contribution >= 4 is 28.6 Å². The summed E-state index contributed by atoms with van der Waals surface area (Å²) in [5, 5.41) is 7.10. The van der Waals surface area contributed by atoms with Crippen LogP contribution in [0.1, 0.15) is 31.1 Å². The van der Waals surface area contributed by atoms with Crippen molar-refractivity contribution in [1.82, 2.24) is 15.1 Å². The third kappa shape index (κ3) is 6.43. The van der Waals surface area contributed by atoms with Crippen LogP contribution in [0.25, 0.3) is 16.6 Å². The van der Waals surface area contributed by atoms with Gasteiger partial charge in [0.1, 0.15) is 17.7 Å². The van der Waals surface area contributed by atoms with Crippen LogP contribution in [0.2, 0.25) is 0 Å². The maximum atomic E-state index is 13.3. The summed E-state index contributed by atoms with van der Waals surface area (Å²) in [5.41, 5.74) is 3.12. The molecular formula is C27H25F4N3O2S. The van der Waals surface area contributed by atoms with Crippen molar-refractivity contribution in [1.29, 1.82) is 0 Å². The molecule has 0 saturated heterocycles. The Balaban J connectivity index is 1.62. The number of aromatic nitrogens is 2. The number of fused-ring (bicyclic) bond motifs is 1. The second-order valence-corrected chi connectivity index (χ2v) is 9.70. The molecule has 194 valence electrons. The van der Waals surface area contributed by atoms with Gasteiger partial charge in [-0.3, -0.25) is 4.79 Å². The van der Waals surface area contributed by atoms with Crippen molar-refractivity contribution in [2.24, 2.45) is 0 Å². The molecule has 0 bridgehead atoms. The Morgan fingerprint density at radius 1 is 1.08 bits per heavy atom. The van der Waals surface area contributed by atoms with E-state index in [-0.39, 0.29) is 5.82 Å². The number of hydrogen-bond donors (Lipinski definition) is 1. The van der Waals surface area contributed by atoms with Crippen molar-refractivity contribution in [2.45, 2.75) is 37.9 Å². The van der Waals surface area contributed by atoms with Crippen molar-refractivity contribution in [3.05, 3.63) is 89.9 Å². The van der Waals surface area contributed by atoms with Crippen LogP contribution in [0, 0.1) is 5.82 Å². The molecule has 0 aliphatic carbocycles. The lowest BCUT2D eigenvalue weighted by molar-refractivity contribution is -0.174. The maximum Gasteiger partial charge on any atom is 0.471 e. The predicted octanol–water partition coefficient (Wildman–Crippen LogP) is 6.60. The van der Waals surface area contributed by atoms with Gasteiger partial charge in [-0.1, -0.05) is 31.2 Å². The van der Waals surface area contributed by atoms with Gasteiger partial charge in [0.25, 0.3) is 0 Å².